The minimum Gasteiger partial charge on any atom is -0.375 e. The van der Waals surface area contributed by atoms with Gasteiger partial charge in [0.15, 0.2) is 0 Å². The standard InChI is InChI=1S/C11H10N6O3/c12-10(18)9-5-17-8(3-14-20-9)6-4-16(11(13)19)2-1-7(6)15-17/h1-5,14H,(H2,12,18)(H2,13,19). The number of fused-ring (bicyclic) bond motifs is 3. The lowest BCUT2D eigenvalue weighted by atomic mass is 10.3. The van der Waals surface area contributed by atoms with Gasteiger partial charge in [-0.2, -0.15) is 5.10 Å². The van der Waals surface area contributed by atoms with Gasteiger partial charge in [-0.05, 0) is 6.07 Å². The molecule has 102 valence electrons. The molecule has 5 N–H and O–H groups in total. The number of aromatic amines is 1. The highest BCUT2D eigenvalue weighted by Gasteiger charge is 2.09. The molecule has 0 fully saturated rings. The molecule has 3 aromatic heterocycles. The summed E-state index contributed by atoms with van der Waals surface area (Å²) in [5.74, 6) is -0.818. The zero-order valence-electron chi connectivity index (χ0n) is 10.1. The van der Waals surface area contributed by atoms with Crippen LogP contribution in [0.15, 0.2) is 35.4 Å². The highest BCUT2D eigenvalue weighted by Crippen LogP contribution is 2.17. The molecule has 9 nitrogen and oxygen atoms in total. The molecule has 3 aromatic rings. The summed E-state index contributed by atoms with van der Waals surface area (Å²) in [4.78, 5) is 22.3. The van der Waals surface area contributed by atoms with Crippen LogP contribution in [0.4, 0.5) is 4.79 Å². The number of pyridine rings is 1. The second kappa shape index (κ2) is 4.16. The molecular formula is C11H10N6O3. The number of rotatable bonds is 1. The van der Waals surface area contributed by atoms with Crippen LogP contribution in [0.25, 0.3) is 16.4 Å². The maximum absolute atomic E-state index is 11.2. The molecule has 0 spiro atoms. The Morgan fingerprint density at radius 1 is 1.30 bits per heavy atom. The summed E-state index contributed by atoms with van der Waals surface area (Å²) >= 11 is 0. The van der Waals surface area contributed by atoms with Gasteiger partial charge in [0.25, 0.3) is 5.91 Å². The Morgan fingerprint density at radius 2 is 2.10 bits per heavy atom. The van der Waals surface area contributed by atoms with Gasteiger partial charge < -0.3 is 16.0 Å². The first-order chi connectivity index (χ1) is 9.56. The van der Waals surface area contributed by atoms with Crippen molar-refractivity contribution in [3.8, 4) is 0 Å². The van der Waals surface area contributed by atoms with Crippen LogP contribution in [0.3, 0.4) is 0 Å². The third-order valence-corrected chi connectivity index (χ3v) is 2.78. The quantitative estimate of drug-likeness (QED) is 0.589. The van der Waals surface area contributed by atoms with Crippen molar-refractivity contribution < 1.29 is 14.1 Å². The summed E-state index contributed by atoms with van der Waals surface area (Å²) in [5, 5.41) is 7.40. The van der Waals surface area contributed by atoms with Gasteiger partial charge in [-0.3, -0.25) is 9.36 Å². The summed E-state index contributed by atoms with van der Waals surface area (Å²) < 4.78 is 7.61. The van der Waals surface area contributed by atoms with Gasteiger partial charge in [-0.1, -0.05) is 0 Å². The lowest BCUT2D eigenvalue weighted by Gasteiger charge is -1.98. The minimum atomic E-state index is -0.731. The third-order valence-electron chi connectivity index (χ3n) is 2.78. The zero-order valence-corrected chi connectivity index (χ0v) is 10.1. The Kier molecular flexibility index (Phi) is 2.46. The smallest absolute Gasteiger partial charge is 0.322 e. The summed E-state index contributed by atoms with van der Waals surface area (Å²) in [6, 6.07) is 1.02. The van der Waals surface area contributed by atoms with E-state index >= 15 is 0 Å². The number of hydrogen-bond donors (Lipinski definition) is 3. The molecule has 20 heavy (non-hydrogen) atoms. The number of primary amides is 2. The number of carbonyl (C=O) groups excluding carboxylic acids is 2. The number of nitrogens with zero attached hydrogens (tertiary/aromatic N) is 3. The highest BCUT2D eigenvalue weighted by atomic mass is 16.5. The topological polar surface area (TPSA) is 137 Å². The third kappa shape index (κ3) is 1.77. The van der Waals surface area contributed by atoms with Crippen LogP contribution in [-0.2, 0) is 0 Å². The number of nitrogens with one attached hydrogen (secondary N) is 1. The van der Waals surface area contributed by atoms with E-state index in [0.717, 1.165) is 0 Å². The minimum absolute atomic E-state index is 0.0874. The fourth-order valence-electron chi connectivity index (χ4n) is 1.85. The van der Waals surface area contributed by atoms with Crippen molar-refractivity contribution in [3.63, 3.8) is 0 Å². The molecule has 0 saturated heterocycles. The Hall–Kier alpha value is -3.23. The molecule has 0 unspecified atom stereocenters. The second-order valence-corrected chi connectivity index (χ2v) is 4.04. The van der Waals surface area contributed by atoms with Crippen molar-refractivity contribution in [1.82, 2.24) is 19.3 Å². The first kappa shape index (κ1) is 11.8. The van der Waals surface area contributed by atoms with Gasteiger partial charge >= 0.3 is 6.03 Å². The second-order valence-electron chi connectivity index (χ2n) is 4.04. The van der Waals surface area contributed by atoms with Gasteiger partial charge in [-0.25, -0.2) is 14.5 Å². The summed E-state index contributed by atoms with van der Waals surface area (Å²) in [7, 11) is 0. The maximum atomic E-state index is 11.2. The molecule has 0 aromatic carbocycles. The van der Waals surface area contributed by atoms with Crippen LogP contribution in [0.1, 0.15) is 10.6 Å². The van der Waals surface area contributed by atoms with E-state index < -0.39 is 11.9 Å². The molecule has 3 rings (SSSR count). The Morgan fingerprint density at radius 3 is 2.80 bits per heavy atom. The van der Waals surface area contributed by atoms with Crippen LogP contribution < -0.4 is 11.5 Å². The number of amides is 2. The number of H-pyrrole nitrogens is 1. The van der Waals surface area contributed by atoms with E-state index in [4.69, 9.17) is 16.0 Å². The van der Waals surface area contributed by atoms with Crippen LogP contribution in [0, 0.1) is 0 Å². The molecule has 0 aliphatic carbocycles. The molecule has 0 radical (unpaired) electrons. The molecule has 0 saturated carbocycles. The van der Waals surface area contributed by atoms with Crippen LogP contribution in [-0.4, -0.2) is 31.3 Å². The van der Waals surface area contributed by atoms with Crippen molar-refractivity contribution >= 4 is 28.4 Å². The summed E-state index contributed by atoms with van der Waals surface area (Å²) in [6.45, 7) is 0. The van der Waals surface area contributed by atoms with Gasteiger partial charge in [-0.15, -0.1) is 0 Å². The Balaban J connectivity index is 2.38. The van der Waals surface area contributed by atoms with Crippen molar-refractivity contribution in [2.45, 2.75) is 0 Å². The average Bonchev–Trinajstić information content (AvgIpc) is 2.60. The molecule has 9 heteroatoms. The first-order valence-electron chi connectivity index (χ1n) is 5.57. The maximum Gasteiger partial charge on any atom is 0.322 e. The Bertz CT molecular complexity index is 879. The van der Waals surface area contributed by atoms with E-state index in [1.807, 2.05) is 0 Å². The molecule has 0 bridgehead atoms. The molecular weight excluding hydrogens is 264 g/mol. The fraction of sp³-hybridized carbons (Fsp3) is 0. The normalized spacial score (nSPS) is 10.8. The van der Waals surface area contributed by atoms with E-state index in [0.29, 0.717) is 16.4 Å². The lowest BCUT2D eigenvalue weighted by molar-refractivity contribution is 0.0960. The number of nitrogens with two attached hydrogens (primary N) is 2. The van der Waals surface area contributed by atoms with E-state index in [2.05, 4.69) is 10.3 Å². The molecule has 0 aliphatic rings. The largest absolute Gasteiger partial charge is 0.375 e. The molecule has 2 amide bonds. The SMILES string of the molecule is NC(=O)c1cn2nc3ccn(C(N)=O)cc3c2c[nH]o1. The number of aromatic nitrogens is 4. The highest BCUT2D eigenvalue weighted by molar-refractivity contribution is 5.95. The average molecular weight is 274 g/mol. The predicted octanol–water partition coefficient (Wildman–Crippen LogP) is 0.360. The van der Waals surface area contributed by atoms with Gasteiger partial charge in [0.2, 0.25) is 5.76 Å². The summed E-state index contributed by atoms with van der Waals surface area (Å²) in [5.41, 5.74) is 11.6. The Labute approximate surface area is 111 Å². The van der Waals surface area contributed by atoms with Gasteiger partial charge in [0, 0.05) is 17.8 Å². The van der Waals surface area contributed by atoms with Gasteiger partial charge in [0.1, 0.15) is 0 Å². The predicted molar refractivity (Wildman–Crippen MR) is 68.4 cm³/mol. The molecule has 0 aliphatic heterocycles. The van der Waals surface area contributed by atoms with E-state index in [-0.39, 0.29) is 5.76 Å². The zero-order chi connectivity index (χ0) is 14.3. The number of hydrogen-bond acceptors (Lipinski definition) is 4. The van der Waals surface area contributed by atoms with Crippen molar-refractivity contribution in [1.29, 1.82) is 0 Å². The van der Waals surface area contributed by atoms with Crippen LogP contribution in [0.2, 0.25) is 0 Å². The van der Waals surface area contributed by atoms with Crippen molar-refractivity contribution in [2.24, 2.45) is 11.5 Å². The van der Waals surface area contributed by atoms with E-state index in [1.165, 1.54) is 33.9 Å². The van der Waals surface area contributed by atoms with Crippen LogP contribution in [0.5, 0.6) is 0 Å². The van der Waals surface area contributed by atoms with Crippen molar-refractivity contribution in [2.75, 3.05) is 0 Å². The fourth-order valence-corrected chi connectivity index (χ4v) is 1.85. The van der Waals surface area contributed by atoms with E-state index in [1.54, 1.807) is 6.07 Å². The summed E-state index contributed by atoms with van der Waals surface area (Å²) in [6.07, 6.45) is 5.88. The lowest BCUT2D eigenvalue weighted by Crippen LogP contribution is -2.18. The molecule has 0 atom stereocenters. The van der Waals surface area contributed by atoms with Crippen LogP contribution >= 0.6 is 0 Å². The van der Waals surface area contributed by atoms with Crippen molar-refractivity contribution in [3.05, 3.63) is 36.6 Å². The van der Waals surface area contributed by atoms with E-state index in [9.17, 15) is 9.59 Å². The first-order valence-corrected chi connectivity index (χ1v) is 5.57. The molecule has 3 heterocycles. The monoisotopic (exact) mass is 274 g/mol. The van der Waals surface area contributed by atoms with Gasteiger partial charge in [0.05, 0.1) is 23.4 Å². The number of carbonyl (C=O) groups is 2.